The molecule has 0 bridgehead atoms. The number of rotatable bonds is 6. The summed E-state index contributed by atoms with van der Waals surface area (Å²) in [6, 6.07) is 7.23. The highest BCUT2D eigenvalue weighted by molar-refractivity contribution is 7.99. The first-order chi connectivity index (χ1) is 10.3. The predicted octanol–water partition coefficient (Wildman–Crippen LogP) is 3.31. The Balaban J connectivity index is 1.46. The van der Waals surface area contributed by atoms with Crippen LogP contribution >= 0.6 is 23.4 Å². The van der Waals surface area contributed by atoms with Crippen LogP contribution in [0.4, 0.5) is 0 Å². The lowest BCUT2D eigenvalue weighted by Crippen LogP contribution is -2.07. The molecule has 0 aliphatic carbocycles. The molecule has 1 aliphatic heterocycles. The number of aromatic amines is 1. The topological polar surface area (TPSA) is 60.0 Å². The maximum Gasteiger partial charge on any atom is 0.208 e. The van der Waals surface area contributed by atoms with E-state index in [-0.39, 0.29) is 0 Å². The number of nitrogens with one attached hydrogen (secondary N) is 1. The summed E-state index contributed by atoms with van der Waals surface area (Å²) in [5.74, 6) is 2.36. The Bertz CT molecular complexity index is 570. The van der Waals surface area contributed by atoms with Crippen LogP contribution in [0.1, 0.15) is 18.7 Å². The Morgan fingerprint density at radius 3 is 3.00 bits per heavy atom. The second-order valence-corrected chi connectivity index (χ2v) is 6.18. The molecule has 2 aromatic rings. The van der Waals surface area contributed by atoms with Gasteiger partial charge in [-0.2, -0.15) is 0 Å². The minimum absolute atomic E-state index is 0.335. The zero-order chi connectivity index (χ0) is 14.5. The second-order valence-electron chi connectivity index (χ2n) is 4.75. The standard InChI is InChI=1S/C14H16ClN3O2S/c15-10-3-5-11(6-4-10)20-8-13-16-14(18-17-13)21-9-12-2-1-7-19-12/h3-6,12H,1-2,7-9H2,(H,16,17,18). The minimum atomic E-state index is 0.335. The zero-order valence-corrected chi connectivity index (χ0v) is 13.0. The monoisotopic (exact) mass is 325 g/mol. The van der Waals surface area contributed by atoms with E-state index >= 15 is 0 Å². The van der Waals surface area contributed by atoms with Gasteiger partial charge in [0.15, 0.2) is 5.82 Å². The molecular weight excluding hydrogens is 310 g/mol. The molecule has 0 spiro atoms. The average Bonchev–Trinajstić information content (AvgIpc) is 3.16. The maximum absolute atomic E-state index is 5.82. The number of halogens is 1. The Kier molecular flexibility index (Phi) is 5.00. The van der Waals surface area contributed by atoms with E-state index in [0.29, 0.717) is 23.6 Å². The summed E-state index contributed by atoms with van der Waals surface area (Å²) in [5, 5.41) is 8.49. The average molecular weight is 326 g/mol. The number of hydrogen-bond acceptors (Lipinski definition) is 5. The SMILES string of the molecule is Clc1ccc(OCc2nc(SCC3CCCO3)n[nH]2)cc1. The van der Waals surface area contributed by atoms with Crippen molar-refractivity contribution < 1.29 is 9.47 Å². The van der Waals surface area contributed by atoms with Gasteiger partial charge < -0.3 is 9.47 Å². The molecule has 1 aromatic heterocycles. The molecule has 1 atom stereocenters. The highest BCUT2D eigenvalue weighted by atomic mass is 35.5. The summed E-state index contributed by atoms with van der Waals surface area (Å²) in [6.07, 6.45) is 2.62. The highest BCUT2D eigenvalue weighted by Crippen LogP contribution is 2.21. The van der Waals surface area contributed by atoms with Crippen LogP contribution in [-0.2, 0) is 11.3 Å². The molecule has 5 nitrogen and oxygen atoms in total. The molecule has 2 heterocycles. The molecule has 7 heteroatoms. The van der Waals surface area contributed by atoms with Gasteiger partial charge in [-0.1, -0.05) is 23.4 Å². The van der Waals surface area contributed by atoms with Gasteiger partial charge in [0.1, 0.15) is 12.4 Å². The minimum Gasteiger partial charge on any atom is -0.486 e. The molecule has 1 aromatic carbocycles. The second kappa shape index (κ2) is 7.15. The van der Waals surface area contributed by atoms with E-state index in [1.54, 1.807) is 23.9 Å². The summed E-state index contributed by atoms with van der Waals surface area (Å²) < 4.78 is 11.2. The van der Waals surface area contributed by atoms with Crippen LogP contribution in [0.25, 0.3) is 0 Å². The Morgan fingerprint density at radius 1 is 1.38 bits per heavy atom. The number of H-pyrrole nitrogens is 1. The molecule has 3 rings (SSSR count). The summed E-state index contributed by atoms with van der Waals surface area (Å²) >= 11 is 7.43. The van der Waals surface area contributed by atoms with Crippen LogP contribution in [0.15, 0.2) is 29.4 Å². The fraction of sp³-hybridized carbons (Fsp3) is 0.429. The predicted molar refractivity (Wildman–Crippen MR) is 81.9 cm³/mol. The number of ether oxygens (including phenoxy) is 2. The Labute approximate surface area is 132 Å². The van der Waals surface area contributed by atoms with Crippen LogP contribution in [0, 0.1) is 0 Å². The van der Waals surface area contributed by atoms with Gasteiger partial charge in [0, 0.05) is 17.4 Å². The molecule has 1 saturated heterocycles. The van der Waals surface area contributed by atoms with Gasteiger partial charge in [-0.25, -0.2) is 4.98 Å². The highest BCUT2D eigenvalue weighted by Gasteiger charge is 2.16. The van der Waals surface area contributed by atoms with Crippen LogP contribution in [-0.4, -0.2) is 33.6 Å². The fourth-order valence-electron chi connectivity index (χ4n) is 2.03. The molecule has 21 heavy (non-hydrogen) atoms. The summed E-state index contributed by atoms with van der Waals surface area (Å²) in [5.41, 5.74) is 0. The quantitative estimate of drug-likeness (QED) is 0.826. The first kappa shape index (κ1) is 14.7. The van der Waals surface area contributed by atoms with E-state index in [1.807, 2.05) is 12.1 Å². The molecule has 0 radical (unpaired) electrons. The number of thioether (sulfide) groups is 1. The van der Waals surface area contributed by atoms with Crippen molar-refractivity contribution in [1.82, 2.24) is 15.2 Å². The van der Waals surface area contributed by atoms with Crippen molar-refractivity contribution in [2.75, 3.05) is 12.4 Å². The smallest absolute Gasteiger partial charge is 0.208 e. The van der Waals surface area contributed by atoms with Crippen molar-refractivity contribution in [1.29, 1.82) is 0 Å². The molecule has 0 amide bonds. The van der Waals surface area contributed by atoms with Gasteiger partial charge in [-0.15, -0.1) is 5.10 Å². The van der Waals surface area contributed by atoms with Crippen molar-refractivity contribution in [2.24, 2.45) is 0 Å². The van der Waals surface area contributed by atoms with Gasteiger partial charge in [-0.3, -0.25) is 5.10 Å². The number of aromatic nitrogens is 3. The van der Waals surface area contributed by atoms with Crippen molar-refractivity contribution in [3.05, 3.63) is 35.1 Å². The summed E-state index contributed by atoms with van der Waals surface area (Å²) in [4.78, 5) is 4.39. The Morgan fingerprint density at radius 2 is 2.24 bits per heavy atom. The number of nitrogens with zero attached hydrogens (tertiary/aromatic N) is 2. The van der Waals surface area contributed by atoms with Gasteiger partial charge >= 0.3 is 0 Å². The Hall–Kier alpha value is -1.24. The largest absolute Gasteiger partial charge is 0.486 e. The lowest BCUT2D eigenvalue weighted by atomic mass is 10.3. The maximum atomic E-state index is 5.82. The first-order valence-electron chi connectivity index (χ1n) is 6.83. The summed E-state index contributed by atoms with van der Waals surface area (Å²) in [7, 11) is 0. The molecule has 0 saturated carbocycles. The van der Waals surface area contributed by atoms with Gasteiger partial charge in [0.25, 0.3) is 0 Å². The summed E-state index contributed by atoms with van der Waals surface area (Å²) in [6.45, 7) is 1.23. The lowest BCUT2D eigenvalue weighted by Gasteiger charge is -2.05. The lowest BCUT2D eigenvalue weighted by molar-refractivity contribution is 0.129. The van der Waals surface area contributed by atoms with E-state index in [1.165, 1.54) is 0 Å². The zero-order valence-electron chi connectivity index (χ0n) is 11.4. The van der Waals surface area contributed by atoms with Gasteiger partial charge in [-0.05, 0) is 37.1 Å². The fourth-order valence-corrected chi connectivity index (χ4v) is 3.04. The normalized spacial score (nSPS) is 18.0. The van der Waals surface area contributed by atoms with E-state index in [4.69, 9.17) is 21.1 Å². The number of benzene rings is 1. The van der Waals surface area contributed by atoms with E-state index in [2.05, 4.69) is 15.2 Å². The molecular formula is C14H16ClN3O2S. The van der Waals surface area contributed by atoms with Crippen molar-refractivity contribution in [3.63, 3.8) is 0 Å². The van der Waals surface area contributed by atoms with Crippen molar-refractivity contribution in [3.8, 4) is 5.75 Å². The van der Waals surface area contributed by atoms with Crippen LogP contribution < -0.4 is 4.74 Å². The third kappa shape index (κ3) is 4.36. The van der Waals surface area contributed by atoms with E-state index < -0.39 is 0 Å². The molecule has 1 fully saturated rings. The third-order valence-electron chi connectivity index (χ3n) is 3.12. The van der Waals surface area contributed by atoms with Crippen LogP contribution in [0.5, 0.6) is 5.75 Å². The molecule has 1 N–H and O–H groups in total. The van der Waals surface area contributed by atoms with Crippen LogP contribution in [0.3, 0.4) is 0 Å². The third-order valence-corrected chi connectivity index (χ3v) is 4.35. The molecule has 112 valence electrons. The van der Waals surface area contributed by atoms with Crippen molar-refractivity contribution in [2.45, 2.75) is 30.7 Å². The van der Waals surface area contributed by atoms with Gasteiger partial charge in [0.05, 0.1) is 6.10 Å². The van der Waals surface area contributed by atoms with E-state index in [0.717, 1.165) is 36.1 Å². The molecule has 1 aliphatic rings. The van der Waals surface area contributed by atoms with Gasteiger partial charge in [0.2, 0.25) is 5.16 Å². The molecule has 1 unspecified atom stereocenters. The van der Waals surface area contributed by atoms with Crippen LogP contribution in [0.2, 0.25) is 5.02 Å². The van der Waals surface area contributed by atoms with E-state index in [9.17, 15) is 0 Å². The van der Waals surface area contributed by atoms with Crippen molar-refractivity contribution >= 4 is 23.4 Å². The first-order valence-corrected chi connectivity index (χ1v) is 8.20. The number of hydrogen-bond donors (Lipinski definition) is 1.